The first-order valence-electron chi connectivity index (χ1n) is 18.7. The molecule has 15 heteroatoms. The third kappa shape index (κ3) is 10.1. The van der Waals surface area contributed by atoms with Crippen LogP contribution in [0.15, 0.2) is 66.9 Å². The first-order valence-corrected chi connectivity index (χ1v) is 18.7. The zero-order valence-corrected chi connectivity index (χ0v) is 30.7. The number of alkyl halides is 1. The van der Waals surface area contributed by atoms with Crippen molar-refractivity contribution in [2.75, 3.05) is 52.6 Å². The number of carbonyl (C=O) groups excluding carboxylic acids is 4. The van der Waals surface area contributed by atoms with Crippen molar-refractivity contribution in [3.8, 4) is 11.3 Å². The topological polar surface area (TPSA) is 132 Å². The van der Waals surface area contributed by atoms with Crippen LogP contribution in [0.5, 0.6) is 0 Å². The second kappa shape index (κ2) is 18.7. The summed E-state index contributed by atoms with van der Waals surface area (Å²) in [5.41, 5.74) is 1.04. The lowest BCUT2D eigenvalue weighted by Crippen LogP contribution is -2.49. The average molecular weight is 766 g/mol. The summed E-state index contributed by atoms with van der Waals surface area (Å²) in [5, 5.41) is 3.06. The number of carbonyl (C=O) groups is 4. The summed E-state index contributed by atoms with van der Waals surface area (Å²) in [6.07, 6.45) is 2.84. The number of imidazole rings is 1. The molecule has 3 amide bonds. The Bertz CT molecular complexity index is 1830. The molecular weight excluding hydrogens is 719 g/mol. The van der Waals surface area contributed by atoms with Gasteiger partial charge in [0.2, 0.25) is 0 Å². The monoisotopic (exact) mass is 765 g/mol. The maximum Gasteiger partial charge on any atom is 0.306 e. The fraction of sp³-hybridized carbons (Fsp3) is 0.475. The first kappa shape index (κ1) is 39.8. The minimum Gasteiger partial charge on any atom is -0.453 e. The van der Waals surface area contributed by atoms with E-state index in [1.165, 1.54) is 19.1 Å². The van der Waals surface area contributed by atoms with Crippen molar-refractivity contribution in [2.45, 2.75) is 57.5 Å². The molecule has 0 aliphatic carbocycles. The Morgan fingerprint density at radius 2 is 1.78 bits per heavy atom. The van der Waals surface area contributed by atoms with Crippen molar-refractivity contribution < 1.29 is 46.6 Å². The molecule has 1 N–H and O–H groups in total. The third-order valence-electron chi connectivity index (χ3n) is 10.2. The van der Waals surface area contributed by atoms with Crippen LogP contribution >= 0.6 is 0 Å². The van der Waals surface area contributed by atoms with Gasteiger partial charge in [-0.3, -0.25) is 24.1 Å². The van der Waals surface area contributed by atoms with Gasteiger partial charge in [0, 0.05) is 82.3 Å². The molecule has 3 aromatic rings. The van der Waals surface area contributed by atoms with E-state index in [0.29, 0.717) is 45.0 Å². The van der Waals surface area contributed by atoms with Crippen LogP contribution in [0.2, 0.25) is 0 Å². The van der Waals surface area contributed by atoms with Crippen molar-refractivity contribution in [2.24, 2.45) is 11.8 Å². The Balaban J connectivity index is 1.25. The van der Waals surface area contributed by atoms with E-state index in [1.54, 1.807) is 11.1 Å². The molecule has 2 fully saturated rings. The number of nitrogens with one attached hydrogen (secondary N) is 1. The summed E-state index contributed by atoms with van der Waals surface area (Å²) in [6, 6.07) is 11.9. The van der Waals surface area contributed by atoms with Gasteiger partial charge in [-0.25, -0.2) is 18.2 Å². The fourth-order valence-corrected chi connectivity index (χ4v) is 7.27. The Hall–Kier alpha value is -4.86. The predicted molar refractivity (Wildman–Crippen MR) is 194 cm³/mol. The maximum atomic E-state index is 15.3. The summed E-state index contributed by atoms with van der Waals surface area (Å²) in [6.45, 7) is 3.40. The molecule has 4 heterocycles. The highest BCUT2D eigenvalue weighted by molar-refractivity contribution is 6.12. The Morgan fingerprint density at radius 1 is 1.04 bits per heavy atom. The van der Waals surface area contributed by atoms with Crippen LogP contribution in [0.25, 0.3) is 11.3 Å². The Labute approximate surface area is 317 Å². The van der Waals surface area contributed by atoms with Crippen LogP contribution in [-0.2, 0) is 39.9 Å². The van der Waals surface area contributed by atoms with E-state index in [9.17, 15) is 23.6 Å². The summed E-state index contributed by atoms with van der Waals surface area (Å²) in [7, 11) is 0. The minimum atomic E-state index is -1.25. The summed E-state index contributed by atoms with van der Waals surface area (Å²) in [4.78, 5) is 58.6. The summed E-state index contributed by atoms with van der Waals surface area (Å²) < 4.78 is 63.7. The third-order valence-corrected chi connectivity index (χ3v) is 10.2. The molecule has 6 rings (SSSR count). The number of aromatic nitrogens is 2. The van der Waals surface area contributed by atoms with E-state index in [1.807, 2.05) is 34.9 Å². The normalized spacial score (nSPS) is 19.9. The smallest absolute Gasteiger partial charge is 0.306 e. The first-order chi connectivity index (χ1) is 26.6. The van der Waals surface area contributed by atoms with Gasteiger partial charge in [0.05, 0.1) is 24.9 Å². The largest absolute Gasteiger partial charge is 0.453 e. The van der Waals surface area contributed by atoms with Gasteiger partial charge < -0.3 is 29.0 Å². The van der Waals surface area contributed by atoms with Gasteiger partial charge in [-0.1, -0.05) is 30.3 Å². The number of halogens is 3. The second-order valence-electron chi connectivity index (χ2n) is 14.1. The van der Waals surface area contributed by atoms with Crippen LogP contribution in [0.3, 0.4) is 0 Å². The zero-order valence-electron chi connectivity index (χ0n) is 30.7. The molecule has 3 aliphatic heterocycles. The van der Waals surface area contributed by atoms with Crippen LogP contribution in [0.1, 0.15) is 50.0 Å². The van der Waals surface area contributed by atoms with Crippen LogP contribution < -0.4 is 5.32 Å². The molecule has 12 nitrogen and oxygen atoms in total. The highest BCUT2D eigenvalue weighted by atomic mass is 19.1. The van der Waals surface area contributed by atoms with Gasteiger partial charge in [0.15, 0.2) is 6.10 Å². The lowest BCUT2D eigenvalue weighted by molar-refractivity contribution is -0.162. The highest BCUT2D eigenvalue weighted by Crippen LogP contribution is 2.38. The van der Waals surface area contributed by atoms with E-state index < -0.39 is 59.6 Å². The van der Waals surface area contributed by atoms with E-state index in [4.69, 9.17) is 19.2 Å². The number of nitrogens with zero attached hydrogens (tertiary/aromatic N) is 4. The number of hydrogen-bond acceptors (Lipinski definition) is 9. The predicted octanol–water partition coefficient (Wildman–Crippen LogP) is 4.38. The molecule has 0 spiro atoms. The van der Waals surface area contributed by atoms with Crippen molar-refractivity contribution in [3.05, 3.63) is 89.9 Å². The molecule has 3 aliphatic rings. The van der Waals surface area contributed by atoms with Gasteiger partial charge in [-0.2, -0.15) is 0 Å². The molecule has 55 heavy (non-hydrogen) atoms. The van der Waals surface area contributed by atoms with Gasteiger partial charge in [0.25, 0.3) is 17.7 Å². The zero-order chi connectivity index (χ0) is 38.9. The molecule has 2 saturated heterocycles. The molecule has 0 radical (unpaired) electrons. The summed E-state index contributed by atoms with van der Waals surface area (Å²) >= 11 is 0. The van der Waals surface area contributed by atoms with Gasteiger partial charge in [0.1, 0.15) is 23.6 Å². The molecule has 4 atom stereocenters. The number of imide groups is 1. The maximum absolute atomic E-state index is 15.3. The molecule has 0 bridgehead atoms. The number of amides is 3. The minimum absolute atomic E-state index is 0.00977. The van der Waals surface area contributed by atoms with Crippen molar-refractivity contribution in [1.82, 2.24) is 24.7 Å². The van der Waals surface area contributed by atoms with E-state index in [2.05, 4.69) is 5.32 Å². The number of benzene rings is 2. The van der Waals surface area contributed by atoms with E-state index in [0.717, 1.165) is 28.7 Å². The number of hydrogen-bond donors (Lipinski definition) is 1. The summed E-state index contributed by atoms with van der Waals surface area (Å²) in [5.74, 6) is -3.65. The second-order valence-corrected chi connectivity index (χ2v) is 14.1. The van der Waals surface area contributed by atoms with Crippen molar-refractivity contribution in [3.63, 3.8) is 0 Å². The lowest BCUT2D eigenvalue weighted by atomic mass is 9.88. The number of esters is 1. The van der Waals surface area contributed by atoms with Crippen molar-refractivity contribution in [1.29, 1.82) is 0 Å². The van der Waals surface area contributed by atoms with E-state index in [-0.39, 0.29) is 62.9 Å². The van der Waals surface area contributed by atoms with Gasteiger partial charge >= 0.3 is 5.97 Å². The van der Waals surface area contributed by atoms with Gasteiger partial charge in [-0.05, 0) is 55.9 Å². The molecule has 0 saturated carbocycles. The van der Waals surface area contributed by atoms with Crippen LogP contribution in [-0.4, -0.2) is 108 Å². The lowest BCUT2D eigenvalue weighted by Gasteiger charge is -2.40. The van der Waals surface area contributed by atoms with Crippen LogP contribution in [0.4, 0.5) is 13.2 Å². The molecule has 1 aromatic heterocycles. The van der Waals surface area contributed by atoms with Crippen LogP contribution in [0, 0.1) is 23.5 Å². The SMILES string of the molecule is C[C@H](OC(=O)CCCOCCN1C(=O)C=CC1=O)C(=O)N(C[C@@H]1CNC[C@@H]1F)[C@@H](c1nc(-c2cc(F)ccc2F)cn1Cc1ccccc1)C1CCOCC1. The Kier molecular flexibility index (Phi) is 13.5. The van der Waals surface area contributed by atoms with E-state index >= 15 is 8.78 Å². The average Bonchev–Trinajstić information content (AvgIpc) is 3.88. The molecule has 0 unspecified atom stereocenters. The number of rotatable bonds is 17. The van der Waals surface area contributed by atoms with Crippen molar-refractivity contribution >= 4 is 23.7 Å². The quantitative estimate of drug-likeness (QED) is 0.121. The highest BCUT2D eigenvalue weighted by Gasteiger charge is 2.42. The molecule has 2 aromatic carbocycles. The standard InChI is InChI=1S/C40H46F3N5O7/c1-26(55-37(51)8-5-16-53-19-15-47-35(49)11-12-36(47)50)40(52)48(24-29-21-44-22-33(29)43)38(28-13-17-54-18-14-28)39-45-34(31-20-30(41)9-10-32(31)42)25-46(39)23-27-6-3-2-4-7-27/h2-4,6-7,9-12,20,25-26,28-29,33,38,44H,5,8,13-19,21-24H2,1H3/t26-,29-,33-,38+/m0/s1. The van der Waals surface area contributed by atoms with Gasteiger partial charge in [-0.15, -0.1) is 0 Å². The molecular formula is C40H46F3N5O7. The molecule has 294 valence electrons. The Morgan fingerprint density at radius 3 is 2.49 bits per heavy atom. The fourth-order valence-electron chi connectivity index (χ4n) is 7.27. The number of ether oxygens (including phenoxy) is 3.